The molecule has 0 unspecified atom stereocenters. The van der Waals surface area contributed by atoms with Crippen LogP contribution in [0, 0.1) is 5.82 Å². The minimum Gasteiger partial charge on any atom is -0.366 e. The van der Waals surface area contributed by atoms with E-state index >= 15 is 0 Å². The first kappa shape index (κ1) is 13.0. The first-order chi connectivity index (χ1) is 9.99. The highest BCUT2D eigenvalue weighted by Gasteiger charge is 2.36. The molecular weight excluding hydrogens is 275 g/mol. The number of primary amides is 1. The van der Waals surface area contributed by atoms with Gasteiger partial charge in [0.1, 0.15) is 5.82 Å². The van der Waals surface area contributed by atoms with Crippen molar-refractivity contribution < 1.29 is 18.8 Å². The second kappa shape index (κ2) is 4.52. The van der Waals surface area contributed by atoms with Crippen molar-refractivity contribution in [2.24, 2.45) is 5.73 Å². The van der Waals surface area contributed by atoms with E-state index in [0.717, 1.165) is 17.0 Å². The van der Waals surface area contributed by atoms with Gasteiger partial charge in [0, 0.05) is 5.56 Å². The Morgan fingerprint density at radius 3 is 2.10 bits per heavy atom. The van der Waals surface area contributed by atoms with Crippen LogP contribution in [0.15, 0.2) is 42.5 Å². The largest absolute Gasteiger partial charge is 0.366 e. The van der Waals surface area contributed by atoms with Crippen LogP contribution in [-0.4, -0.2) is 17.7 Å². The van der Waals surface area contributed by atoms with Crippen LogP contribution in [0.25, 0.3) is 0 Å². The number of fused-ring (bicyclic) bond motifs is 1. The van der Waals surface area contributed by atoms with Crippen LogP contribution in [0.5, 0.6) is 0 Å². The fraction of sp³-hybridized carbons (Fsp3) is 0. The average Bonchev–Trinajstić information content (AvgIpc) is 2.71. The van der Waals surface area contributed by atoms with Crippen molar-refractivity contribution in [3.63, 3.8) is 0 Å². The van der Waals surface area contributed by atoms with Gasteiger partial charge in [0.15, 0.2) is 0 Å². The van der Waals surface area contributed by atoms with E-state index in [0.29, 0.717) is 0 Å². The Hall–Kier alpha value is -3.02. The predicted octanol–water partition coefficient (Wildman–Crippen LogP) is 1.73. The van der Waals surface area contributed by atoms with E-state index in [-0.39, 0.29) is 22.4 Å². The summed E-state index contributed by atoms with van der Waals surface area (Å²) >= 11 is 0. The monoisotopic (exact) mass is 284 g/mol. The van der Waals surface area contributed by atoms with Crippen LogP contribution in [0.3, 0.4) is 0 Å². The molecule has 0 bridgehead atoms. The average molecular weight is 284 g/mol. The molecule has 0 spiro atoms. The Labute approximate surface area is 118 Å². The normalized spacial score (nSPS) is 13.5. The number of benzene rings is 2. The van der Waals surface area contributed by atoms with Crippen molar-refractivity contribution in [2.75, 3.05) is 4.90 Å². The van der Waals surface area contributed by atoms with E-state index in [2.05, 4.69) is 0 Å². The van der Waals surface area contributed by atoms with Gasteiger partial charge in [0.25, 0.3) is 11.8 Å². The molecule has 0 aromatic heterocycles. The third kappa shape index (κ3) is 1.97. The number of halogens is 1. The van der Waals surface area contributed by atoms with Gasteiger partial charge >= 0.3 is 0 Å². The van der Waals surface area contributed by atoms with Crippen molar-refractivity contribution >= 4 is 23.4 Å². The Morgan fingerprint density at radius 2 is 1.57 bits per heavy atom. The van der Waals surface area contributed by atoms with Crippen LogP contribution >= 0.6 is 0 Å². The number of rotatable bonds is 2. The van der Waals surface area contributed by atoms with Crippen molar-refractivity contribution in [3.8, 4) is 0 Å². The molecule has 3 rings (SSSR count). The van der Waals surface area contributed by atoms with Gasteiger partial charge in [0.2, 0.25) is 5.91 Å². The Bertz CT molecular complexity index is 766. The molecule has 3 amide bonds. The summed E-state index contributed by atoms with van der Waals surface area (Å²) in [6, 6.07) is 9.47. The van der Waals surface area contributed by atoms with E-state index in [1.165, 1.54) is 18.2 Å². The third-order valence-corrected chi connectivity index (χ3v) is 3.22. The molecule has 0 radical (unpaired) electrons. The second-order valence-corrected chi connectivity index (χ2v) is 4.55. The highest BCUT2D eigenvalue weighted by Crippen LogP contribution is 2.29. The molecule has 0 aliphatic carbocycles. The van der Waals surface area contributed by atoms with Crippen LogP contribution < -0.4 is 10.6 Å². The second-order valence-electron chi connectivity index (χ2n) is 4.55. The Kier molecular flexibility index (Phi) is 2.79. The summed E-state index contributed by atoms with van der Waals surface area (Å²) in [6.45, 7) is 0. The molecule has 2 N–H and O–H groups in total. The smallest absolute Gasteiger partial charge is 0.266 e. The summed E-state index contributed by atoms with van der Waals surface area (Å²) in [4.78, 5) is 36.5. The molecule has 1 aliphatic rings. The third-order valence-electron chi connectivity index (χ3n) is 3.22. The highest BCUT2D eigenvalue weighted by molar-refractivity contribution is 6.34. The van der Waals surface area contributed by atoms with Gasteiger partial charge in [-0.05, 0) is 30.3 Å². The van der Waals surface area contributed by atoms with E-state index in [1.807, 2.05) is 0 Å². The molecule has 0 saturated carbocycles. The first-order valence-corrected chi connectivity index (χ1v) is 6.07. The Balaban J connectivity index is 2.13. The molecule has 0 atom stereocenters. The van der Waals surface area contributed by atoms with Gasteiger partial charge in [0.05, 0.1) is 16.8 Å². The minimum atomic E-state index is -0.840. The molecule has 2 aromatic rings. The Morgan fingerprint density at radius 1 is 1.00 bits per heavy atom. The van der Waals surface area contributed by atoms with E-state index in [1.54, 1.807) is 12.1 Å². The van der Waals surface area contributed by atoms with Crippen molar-refractivity contribution in [3.05, 3.63) is 65.0 Å². The molecule has 5 nitrogen and oxygen atoms in total. The van der Waals surface area contributed by atoms with Gasteiger partial charge in [-0.25, -0.2) is 9.29 Å². The fourth-order valence-corrected chi connectivity index (χ4v) is 2.27. The molecular formula is C15H9FN2O3. The van der Waals surface area contributed by atoms with Crippen molar-refractivity contribution in [1.82, 2.24) is 0 Å². The number of anilines is 1. The summed E-state index contributed by atoms with van der Waals surface area (Å²) in [6.07, 6.45) is 0. The lowest BCUT2D eigenvalue weighted by Crippen LogP contribution is -2.29. The van der Waals surface area contributed by atoms with Crippen molar-refractivity contribution in [2.45, 2.75) is 0 Å². The maximum atomic E-state index is 13.6. The SMILES string of the molecule is NC(=O)c1cc(F)cc(N2C(=O)c3ccccc3C2=O)c1. The van der Waals surface area contributed by atoms with E-state index in [4.69, 9.17) is 5.73 Å². The lowest BCUT2D eigenvalue weighted by molar-refractivity contribution is 0.0923. The van der Waals surface area contributed by atoms with Gasteiger partial charge in [-0.2, -0.15) is 0 Å². The summed E-state index contributed by atoms with van der Waals surface area (Å²) in [5.74, 6) is -2.71. The zero-order chi connectivity index (χ0) is 15.1. The van der Waals surface area contributed by atoms with E-state index < -0.39 is 23.5 Å². The highest BCUT2D eigenvalue weighted by atomic mass is 19.1. The van der Waals surface area contributed by atoms with E-state index in [9.17, 15) is 18.8 Å². The number of hydrogen-bond acceptors (Lipinski definition) is 3. The van der Waals surface area contributed by atoms with Crippen LogP contribution in [0.1, 0.15) is 31.1 Å². The number of imide groups is 1. The summed E-state index contributed by atoms with van der Waals surface area (Å²) < 4.78 is 13.6. The zero-order valence-corrected chi connectivity index (χ0v) is 10.7. The zero-order valence-electron chi connectivity index (χ0n) is 10.7. The lowest BCUT2D eigenvalue weighted by atomic mass is 10.1. The van der Waals surface area contributed by atoms with Crippen molar-refractivity contribution in [1.29, 1.82) is 0 Å². The number of nitrogens with zero attached hydrogens (tertiary/aromatic N) is 1. The maximum absolute atomic E-state index is 13.6. The summed E-state index contributed by atoms with van der Waals surface area (Å²) in [5.41, 5.74) is 5.47. The fourth-order valence-electron chi connectivity index (χ4n) is 2.27. The van der Waals surface area contributed by atoms with Gasteiger partial charge in [-0.15, -0.1) is 0 Å². The van der Waals surface area contributed by atoms with Crippen LogP contribution in [-0.2, 0) is 0 Å². The number of carbonyl (C=O) groups excluding carboxylic acids is 3. The molecule has 1 heterocycles. The first-order valence-electron chi connectivity index (χ1n) is 6.07. The number of carbonyl (C=O) groups is 3. The van der Waals surface area contributed by atoms with Gasteiger partial charge < -0.3 is 5.73 Å². The molecule has 1 aliphatic heterocycles. The number of hydrogen-bond donors (Lipinski definition) is 1. The molecule has 104 valence electrons. The molecule has 0 fully saturated rings. The molecule has 2 aromatic carbocycles. The predicted molar refractivity (Wildman–Crippen MR) is 72.5 cm³/mol. The number of nitrogens with two attached hydrogens (primary N) is 1. The number of amides is 3. The standard InChI is InChI=1S/C15H9FN2O3/c16-9-5-8(13(17)19)6-10(7-9)18-14(20)11-3-1-2-4-12(11)15(18)21/h1-7H,(H2,17,19). The van der Waals surface area contributed by atoms with Gasteiger partial charge in [-0.3, -0.25) is 14.4 Å². The van der Waals surface area contributed by atoms with Crippen LogP contribution in [0.4, 0.5) is 10.1 Å². The summed E-state index contributed by atoms with van der Waals surface area (Å²) in [7, 11) is 0. The quantitative estimate of drug-likeness (QED) is 0.853. The molecule has 6 heteroatoms. The molecule has 0 saturated heterocycles. The minimum absolute atomic E-state index is 0.0185. The topological polar surface area (TPSA) is 80.5 Å². The maximum Gasteiger partial charge on any atom is 0.266 e. The molecule has 21 heavy (non-hydrogen) atoms. The lowest BCUT2D eigenvalue weighted by Gasteiger charge is -2.14. The van der Waals surface area contributed by atoms with Gasteiger partial charge in [-0.1, -0.05) is 12.1 Å². The summed E-state index contributed by atoms with van der Waals surface area (Å²) in [5, 5.41) is 0. The van der Waals surface area contributed by atoms with Crippen LogP contribution in [0.2, 0.25) is 0 Å².